The molecule has 9 nitrogen and oxygen atoms in total. The van der Waals surface area contributed by atoms with E-state index in [-0.39, 0.29) is 24.2 Å². The molecule has 3 rings (SSSR count). The van der Waals surface area contributed by atoms with Crippen molar-refractivity contribution in [1.29, 1.82) is 0 Å². The molecule has 1 aliphatic rings. The smallest absolute Gasteiger partial charge is 0.244 e. The number of benzene rings is 2. The molecule has 0 unspecified atom stereocenters. The van der Waals surface area contributed by atoms with E-state index in [0.29, 0.717) is 24.7 Å². The Balaban J connectivity index is 1.91. The van der Waals surface area contributed by atoms with Crippen molar-refractivity contribution in [3.8, 4) is 11.5 Å². The Kier molecular flexibility index (Phi) is 9.24. The maximum absolute atomic E-state index is 13.6. The maximum Gasteiger partial charge on any atom is 0.244 e. The fourth-order valence-electron chi connectivity index (χ4n) is 3.64. The van der Waals surface area contributed by atoms with Gasteiger partial charge in [-0.15, -0.1) is 0 Å². The summed E-state index contributed by atoms with van der Waals surface area (Å²) in [6.45, 7) is 5.90. The zero-order valence-electron chi connectivity index (χ0n) is 20.9. The predicted octanol–water partition coefficient (Wildman–Crippen LogP) is 3.32. The van der Waals surface area contributed by atoms with Crippen LogP contribution in [0.2, 0.25) is 0 Å². The molecular formula is C25H32BrN3O6S. The third kappa shape index (κ3) is 7.13. The monoisotopic (exact) mass is 581 g/mol. The van der Waals surface area contributed by atoms with Crippen molar-refractivity contribution in [2.75, 3.05) is 30.3 Å². The number of hydrogen-bond donors (Lipinski definition) is 1. The second kappa shape index (κ2) is 12.0. The number of anilines is 1. The summed E-state index contributed by atoms with van der Waals surface area (Å²) >= 11 is 3.40. The van der Waals surface area contributed by atoms with E-state index < -0.39 is 28.5 Å². The fourth-order valence-corrected chi connectivity index (χ4v) is 4.74. The molecule has 0 spiro atoms. The normalized spacial score (nSPS) is 14.5. The Hall–Kier alpha value is -2.79. The summed E-state index contributed by atoms with van der Waals surface area (Å²) in [6.07, 6.45) is 1.78. The number of rotatable bonds is 10. The molecule has 11 heteroatoms. The lowest BCUT2D eigenvalue weighted by Crippen LogP contribution is -2.52. The van der Waals surface area contributed by atoms with Crippen molar-refractivity contribution < 1.29 is 27.5 Å². The van der Waals surface area contributed by atoms with Gasteiger partial charge in [-0.2, -0.15) is 0 Å². The van der Waals surface area contributed by atoms with Crippen LogP contribution in [0.5, 0.6) is 11.5 Å². The number of fused-ring (bicyclic) bond motifs is 1. The van der Waals surface area contributed by atoms with Gasteiger partial charge in [-0.1, -0.05) is 35.0 Å². The highest BCUT2D eigenvalue weighted by Gasteiger charge is 2.31. The highest BCUT2D eigenvalue weighted by atomic mass is 79.9. The van der Waals surface area contributed by atoms with Gasteiger partial charge < -0.3 is 19.7 Å². The number of nitrogens with one attached hydrogen (secondary N) is 1. The van der Waals surface area contributed by atoms with Crippen LogP contribution in [0, 0.1) is 0 Å². The number of halogens is 1. The van der Waals surface area contributed by atoms with Gasteiger partial charge in [-0.3, -0.25) is 13.9 Å². The molecular weight excluding hydrogens is 550 g/mol. The lowest BCUT2D eigenvalue weighted by atomic mass is 10.1. The largest absolute Gasteiger partial charge is 0.486 e. The van der Waals surface area contributed by atoms with Gasteiger partial charge in [0.05, 0.1) is 11.9 Å². The number of amides is 2. The van der Waals surface area contributed by atoms with E-state index in [0.717, 1.165) is 27.0 Å². The van der Waals surface area contributed by atoms with Crippen LogP contribution in [0.25, 0.3) is 0 Å². The molecule has 1 heterocycles. The summed E-state index contributed by atoms with van der Waals surface area (Å²) in [5.41, 5.74) is 1.08. The van der Waals surface area contributed by atoms with Gasteiger partial charge in [-0.05, 0) is 50.1 Å². The Bertz CT molecular complexity index is 1190. The SMILES string of the molecule is CC[C@H](C)NC(=O)[C@H](C)N(Cc1ccc(Br)cc1)C(=O)CN(c1ccc2c(c1)OCCO2)S(C)(=O)=O. The summed E-state index contributed by atoms with van der Waals surface area (Å²) in [5, 5.41) is 2.91. The summed E-state index contributed by atoms with van der Waals surface area (Å²) in [7, 11) is -3.84. The average molecular weight is 583 g/mol. The molecule has 0 fully saturated rings. The second-order valence-electron chi connectivity index (χ2n) is 8.74. The van der Waals surface area contributed by atoms with Crippen LogP contribution < -0.4 is 19.1 Å². The number of hydrogen-bond acceptors (Lipinski definition) is 6. The minimum atomic E-state index is -3.84. The fraction of sp³-hybridized carbons (Fsp3) is 0.440. The lowest BCUT2D eigenvalue weighted by Gasteiger charge is -2.32. The van der Waals surface area contributed by atoms with E-state index in [2.05, 4.69) is 21.2 Å². The first kappa shape index (κ1) is 27.8. The number of nitrogens with zero attached hydrogens (tertiary/aromatic N) is 2. The van der Waals surface area contributed by atoms with Crippen molar-refractivity contribution in [2.45, 2.75) is 45.8 Å². The van der Waals surface area contributed by atoms with Crippen LogP contribution >= 0.6 is 15.9 Å². The van der Waals surface area contributed by atoms with Gasteiger partial charge in [0.25, 0.3) is 0 Å². The summed E-state index contributed by atoms with van der Waals surface area (Å²) in [6, 6.07) is 11.2. The predicted molar refractivity (Wildman–Crippen MR) is 142 cm³/mol. The molecule has 2 aromatic carbocycles. The number of carbonyl (C=O) groups is 2. The van der Waals surface area contributed by atoms with Gasteiger partial charge in [0.15, 0.2) is 11.5 Å². The minimum Gasteiger partial charge on any atom is -0.486 e. The van der Waals surface area contributed by atoms with Gasteiger partial charge in [-0.25, -0.2) is 8.42 Å². The second-order valence-corrected chi connectivity index (χ2v) is 11.6. The topological polar surface area (TPSA) is 105 Å². The molecule has 196 valence electrons. The van der Waals surface area contributed by atoms with E-state index in [1.807, 2.05) is 38.1 Å². The molecule has 0 radical (unpaired) electrons. The van der Waals surface area contributed by atoms with Crippen molar-refractivity contribution >= 4 is 43.5 Å². The van der Waals surface area contributed by atoms with E-state index in [4.69, 9.17) is 9.47 Å². The third-order valence-electron chi connectivity index (χ3n) is 5.93. The van der Waals surface area contributed by atoms with Crippen LogP contribution in [0.3, 0.4) is 0 Å². The third-order valence-corrected chi connectivity index (χ3v) is 7.60. The first-order valence-electron chi connectivity index (χ1n) is 11.7. The zero-order valence-corrected chi connectivity index (χ0v) is 23.3. The zero-order chi connectivity index (χ0) is 26.5. The minimum absolute atomic E-state index is 0.0604. The maximum atomic E-state index is 13.6. The molecule has 2 aromatic rings. The number of carbonyl (C=O) groups excluding carboxylic acids is 2. The van der Waals surface area contributed by atoms with Crippen LogP contribution in [-0.2, 0) is 26.2 Å². The molecule has 36 heavy (non-hydrogen) atoms. The molecule has 0 saturated carbocycles. The summed E-state index contributed by atoms with van der Waals surface area (Å²) in [5.74, 6) is 0.106. The molecule has 0 bridgehead atoms. The summed E-state index contributed by atoms with van der Waals surface area (Å²) < 4.78 is 38.5. The van der Waals surface area contributed by atoms with Gasteiger partial charge in [0.2, 0.25) is 21.8 Å². The molecule has 2 atom stereocenters. The van der Waals surface area contributed by atoms with Crippen LogP contribution in [-0.4, -0.2) is 63.2 Å². The molecule has 0 aliphatic carbocycles. The van der Waals surface area contributed by atoms with E-state index >= 15 is 0 Å². The Morgan fingerprint density at radius 1 is 1.06 bits per heavy atom. The standard InChI is InChI=1S/C25H32BrN3O6S/c1-5-17(2)27-25(31)18(3)28(15-19-6-8-20(26)9-7-19)24(30)16-29(36(4,32)33)21-10-11-22-23(14-21)35-13-12-34-22/h6-11,14,17-18H,5,12-13,15-16H2,1-4H3,(H,27,31)/t17-,18-/m0/s1. The van der Waals surface area contributed by atoms with Gasteiger partial charge in [0, 0.05) is 23.1 Å². The highest BCUT2D eigenvalue weighted by molar-refractivity contribution is 9.10. The van der Waals surface area contributed by atoms with Gasteiger partial charge in [0.1, 0.15) is 25.8 Å². The molecule has 1 aliphatic heterocycles. The highest BCUT2D eigenvalue weighted by Crippen LogP contribution is 2.34. The van der Waals surface area contributed by atoms with Crippen LogP contribution in [0.4, 0.5) is 5.69 Å². The van der Waals surface area contributed by atoms with E-state index in [1.54, 1.807) is 25.1 Å². The average Bonchev–Trinajstić information content (AvgIpc) is 2.85. The Labute approximate surface area is 220 Å². The molecule has 0 saturated heterocycles. The molecule has 1 N–H and O–H groups in total. The van der Waals surface area contributed by atoms with Gasteiger partial charge >= 0.3 is 0 Å². The molecule has 2 amide bonds. The number of ether oxygens (including phenoxy) is 2. The van der Waals surface area contributed by atoms with Crippen molar-refractivity contribution in [1.82, 2.24) is 10.2 Å². The molecule has 0 aromatic heterocycles. The van der Waals surface area contributed by atoms with E-state index in [9.17, 15) is 18.0 Å². The van der Waals surface area contributed by atoms with Crippen molar-refractivity contribution in [2.24, 2.45) is 0 Å². The van der Waals surface area contributed by atoms with Crippen LogP contribution in [0.1, 0.15) is 32.8 Å². The lowest BCUT2D eigenvalue weighted by molar-refractivity contribution is -0.139. The number of sulfonamides is 1. The quantitative estimate of drug-likeness (QED) is 0.461. The first-order valence-corrected chi connectivity index (χ1v) is 14.4. The first-order chi connectivity index (χ1) is 17.0. The van der Waals surface area contributed by atoms with Crippen molar-refractivity contribution in [3.63, 3.8) is 0 Å². The van der Waals surface area contributed by atoms with E-state index in [1.165, 1.54) is 4.90 Å². The van der Waals surface area contributed by atoms with Crippen molar-refractivity contribution in [3.05, 3.63) is 52.5 Å². The van der Waals surface area contributed by atoms with Crippen LogP contribution in [0.15, 0.2) is 46.9 Å². The summed E-state index contributed by atoms with van der Waals surface area (Å²) in [4.78, 5) is 28.0. The Morgan fingerprint density at radius 2 is 1.69 bits per heavy atom. The Morgan fingerprint density at radius 3 is 2.31 bits per heavy atom.